The molecule has 0 fully saturated rings. The minimum Gasteiger partial charge on any atom is -0.331 e. The van der Waals surface area contributed by atoms with Crippen LogP contribution in [0.25, 0.3) is 11.0 Å². The molecule has 2 aromatic carbocycles. The van der Waals surface area contributed by atoms with Crippen LogP contribution in [0.15, 0.2) is 42.5 Å². The monoisotopic (exact) mass is 387 g/mol. The van der Waals surface area contributed by atoms with Gasteiger partial charge in [0.2, 0.25) is 0 Å². The highest BCUT2D eigenvalue weighted by Crippen LogP contribution is 2.21. The van der Waals surface area contributed by atoms with E-state index in [-0.39, 0.29) is 5.91 Å². The van der Waals surface area contributed by atoms with Crippen molar-refractivity contribution in [2.75, 3.05) is 6.54 Å². The fraction of sp³-hybridized carbons (Fsp3) is 0.333. The third kappa shape index (κ3) is 4.48. The summed E-state index contributed by atoms with van der Waals surface area (Å²) in [5, 5.41) is 0.643. The van der Waals surface area contributed by atoms with Crippen LogP contribution in [-0.2, 0) is 13.6 Å². The van der Waals surface area contributed by atoms with Crippen LogP contribution in [0.2, 0.25) is 5.02 Å². The molecule has 0 radical (unpaired) electrons. The van der Waals surface area contributed by atoms with E-state index in [9.17, 15) is 9.18 Å². The SMILES string of the molecule is CC(C)CCN(Cc1nc2ccc(Cl)cc2n1C)C(=O)c1cccc(F)c1. The average Bonchev–Trinajstić information content (AvgIpc) is 2.93. The Bertz CT molecular complexity index is 967. The van der Waals surface area contributed by atoms with E-state index in [1.54, 1.807) is 23.1 Å². The van der Waals surface area contributed by atoms with Crippen molar-refractivity contribution >= 4 is 28.5 Å². The Morgan fingerprint density at radius 3 is 2.74 bits per heavy atom. The number of hydrogen-bond donors (Lipinski definition) is 0. The molecule has 0 atom stereocenters. The predicted molar refractivity (Wildman–Crippen MR) is 106 cm³/mol. The fourth-order valence-electron chi connectivity index (χ4n) is 3.00. The lowest BCUT2D eigenvalue weighted by molar-refractivity contribution is 0.0729. The molecule has 0 unspecified atom stereocenters. The molecule has 1 amide bonds. The van der Waals surface area contributed by atoms with E-state index in [0.717, 1.165) is 23.3 Å². The molecule has 0 bridgehead atoms. The van der Waals surface area contributed by atoms with Crippen LogP contribution in [0.1, 0.15) is 36.5 Å². The van der Waals surface area contributed by atoms with Gasteiger partial charge in [0.1, 0.15) is 11.6 Å². The zero-order chi connectivity index (χ0) is 19.6. The Morgan fingerprint density at radius 2 is 2.04 bits per heavy atom. The second-order valence-electron chi connectivity index (χ2n) is 7.14. The topological polar surface area (TPSA) is 38.1 Å². The van der Waals surface area contributed by atoms with Crippen molar-refractivity contribution < 1.29 is 9.18 Å². The van der Waals surface area contributed by atoms with Crippen molar-refractivity contribution in [3.63, 3.8) is 0 Å². The maximum absolute atomic E-state index is 13.6. The largest absolute Gasteiger partial charge is 0.331 e. The first kappa shape index (κ1) is 19.4. The van der Waals surface area contributed by atoms with Crippen LogP contribution in [0, 0.1) is 11.7 Å². The standard InChI is InChI=1S/C21H23ClFN3O/c1-14(2)9-10-26(21(27)15-5-4-6-17(23)11-15)13-20-24-18-8-7-16(22)12-19(18)25(20)3/h4-8,11-12,14H,9-10,13H2,1-3H3. The number of benzene rings is 2. The Labute approximate surface area is 163 Å². The summed E-state index contributed by atoms with van der Waals surface area (Å²) in [4.78, 5) is 19.4. The molecular formula is C21H23ClFN3O. The number of halogens is 2. The zero-order valence-corrected chi connectivity index (χ0v) is 16.5. The van der Waals surface area contributed by atoms with Gasteiger partial charge in [-0.15, -0.1) is 0 Å². The highest BCUT2D eigenvalue weighted by molar-refractivity contribution is 6.31. The molecule has 0 saturated carbocycles. The first-order valence-corrected chi connectivity index (χ1v) is 9.38. The zero-order valence-electron chi connectivity index (χ0n) is 15.7. The van der Waals surface area contributed by atoms with Crippen LogP contribution < -0.4 is 0 Å². The van der Waals surface area contributed by atoms with Crippen molar-refractivity contribution in [2.45, 2.75) is 26.8 Å². The van der Waals surface area contributed by atoms with Gasteiger partial charge >= 0.3 is 0 Å². The third-order valence-corrected chi connectivity index (χ3v) is 4.84. The molecule has 3 aromatic rings. The Kier molecular flexibility index (Phi) is 5.80. The van der Waals surface area contributed by atoms with Crippen LogP contribution in [-0.4, -0.2) is 26.9 Å². The third-order valence-electron chi connectivity index (χ3n) is 4.60. The molecule has 0 aliphatic rings. The highest BCUT2D eigenvalue weighted by Gasteiger charge is 2.20. The lowest BCUT2D eigenvalue weighted by Gasteiger charge is -2.23. The Hall–Kier alpha value is -2.40. The van der Waals surface area contributed by atoms with E-state index in [4.69, 9.17) is 11.6 Å². The molecule has 6 heteroatoms. The highest BCUT2D eigenvalue weighted by atomic mass is 35.5. The molecule has 4 nitrogen and oxygen atoms in total. The van der Waals surface area contributed by atoms with E-state index >= 15 is 0 Å². The fourth-order valence-corrected chi connectivity index (χ4v) is 3.16. The number of aromatic nitrogens is 2. The van der Waals surface area contributed by atoms with Gasteiger partial charge < -0.3 is 9.47 Å². The Balaban J connectivity index is 1.91. The smallest absolute Gasteiger partial charge is 0.254 e. The Morgan fingerprint density at radius 1 is 1.26 bits per heavy atom. The van der Waals surface area contributed by atoms with Gasteiger partial charge in [-0.2, -0.15) is 0 Å². The van der Waals surface area contributed by atoms with Gasteiger partial charge in [0, 0.05) is 24.2 Å². The molecule has 142 valence electrons. The summed E-state index contributed by atoms with van der Waals surface area (Å²) in [6.07, 6.45) is 0.858. The molecular weight excluding hydrogens is 365 g/mol. The summed E-state index contributed by atoms with van der Waals surface area (Å²) in [6.45, 7) is 5.16. The minimum atomic E-state index is -0.415. The van der Waals surface area contributed by atoms with Gasteiger partial charge in [0.25, 0.3) is 5.91 Å². The van der Waals surface area contributed by atoms with Crippen molar-refractivity contribution in [3.8, 4) is 0 Å². The number of fused-ring (bicyclic) bond motifs is 1. The summed E-state index contributed by atoms with van der Waals surface area (Å²) >= 11 is 6.09. The van der Waals surface area contributed by atoms with Crippen molar-refractivity contribution in [1.29, 1.82) is 0 Å². The number of rotatable bonds is 6. The molecule has 0 aliphatic carbocycles. The second-order valence-corrected chi connectivity index (χ2v) is 7.58. The molecule has 0 spiro atoms. The van der Waals surface area contributed by atoms with E-state index < -0.39 is 5.82 Å². The summed E-state index contributed by atoms with van der Waals surface area (Å²) in [7, 11) is 1.91. The second kappa shape index (κ2) is 8.09. The van der Waals surface area contributed by atoms with E-state index in [1.165, 1.54) is 12.1 Å². The summed E-state index contributed by atoms with van der Waals surface area (Å²) in [5.41, 5.74) is 2.10. The quantitative estimate of drug-likeness (QED) is 0.593. The van der Waals surface area contributed by atoms with Gasteiger partial charge in [-0.05, 0) is 48.7 Å². The number of aryl methyl sites for hydroxylation is 1. The first-order valence-electron chi connectivity index (χ1n) is 9.01. The van der Waals surface area contributed by atoms with Gasteiger partial charge in [-0.3, -0.25) is 4.79 Å². The van der Waals surface area contributed by atoms with Crippen LogP contribution in [0.3, 0.4) is 0 Å². The number of nitrogens with zero attached hydrogens (tertiary/aromatic N) is 3. The van der Waals surface area contributed by atoms with E-state index in [0.29, 0.717) is 29.6 Å². The molecule has 0 N–H and O–H groups in total. The predicted octanol–water partition coefficient (Wildman–Crippen LogP) is 5.05. The molecule has 0 aliphatic heterocycles. The number of hydrogen-bond acceptors (Lipinski definition) is 2. The van der Waals surface area contributed by atoms with Crippen LogP contribution in [0.4, 0.5) is 4.39 Å². The van der Waals surface area contributed by atoms with Crippen LogP contribution in [0.5, 0.6) is 0 Å². The number of carbonyl (C=O) groups is 1. The number of amides is 1. The van der Waals surface area contributed by atoms with Crippen molar-refractivity contribution in [1.82, 2.24) is 14.5 Å². The van der Waals surface area contributed by atoms with Gasteiger partial charge in [0.15, 0.2) is 0 Å². The van der Waals surface area contributed by atoms with E-state index in [2.05, 4.69) is 18.8 Å². The van der Waals surface area contributed by atoms with Crippen LogP contribution >= 0.6 is 11.6 Å². The summed E-state index contributed by atoms with van der Waals surface area (Å²) < 4.78 is 15.5. The van der Waals surface area contributed by atoms with Crippen molar-refractivity contribution in [3.05, 3.63) is 64.7 Å². The summed E-state index contributed by atoms with van der Waals surface area (Å²) in [5.74, 6) is 0.607. The van der Waals surface area contributed by atoms with Crippen molar-refractivity contribution in [2.24, 2.45) is 13.0 Å². The molecule has 0 saturated heterocycles. The molecule has 1 aromatic heterocycles. The molecule has 3 rings (SSSR count). The number of imidazole rings is 1. The van der Waals surface area contributed by atoms with Gasteiger partial charge in [-0.25, -0.2) is 9.37 Å². The maximum atomic E-state index is 13.6. The van der Waals surface area contributed by atoms with Gasteiger partial charge in [-0.1, -0.05) is 31.5 Å². The maximum Gasteiger partial charge on any atom is 0.254 e. The first-order chi connectivity index (χ1) is 12.8. The van der Waals surface area contributed by atoms with Gasteiger partial charge in [0.05, 0.1) is 17.6 Å². The lowest BCUT2D eigenvalue weighted by atomic mass is 10.1. The summed E-state index contributed by atoms with van der Waals surface area (Å²) in [6, 6.07) is 11.3. The molecule has 1 heterocycles. The average molecular weight is 388 g/mol. The minimum absolute atomic E-state index is 0.194. The lowest BCUT2D eigenvalue weighted by Crippen LogP contribution is -2.33. The molecule has 27 heavy (non-hydrogen) atoms. The number of carbonyl (C=O) groups excluding carboxylic acids is 1. The normalized spacial score (nSPS) is 11.3. The van der Waals surface area contributed by atoms with E-state index in [1.807, 2.05) is 23.7 Å².